The highest BCUT2D eigenvalue weighted by atomic mass is 32.2. The maximum absolute atomic E-state index is 12.6. The van der Waals surface area contributed by atoms with Gasteiger partial charge in [-0.2, -0.15) is 8.78 Å². The minimum absolute atomic E-state index is 0.0760. The highest BCUT2D eigenvalue weighted by Crippen LogP contribution is 2.35. The van der Waals surface area contributed by atoms with Crippen molar-refractivity contribution in [3.05, 3.63) is 28.7 Å². The Morgan fingerprint density at radius 1 is 1.31 bits per heavy atom. The largest absolute Gasteiger partial charge is 0.490 e. The van der Waals surface area contributed by atoms with E-state index in [2.05, 4.69) is 4.74 Å². The molecule has 1 heterocycles. The fourth-order valence-corrected chi connectivity index (χ4v) is 3.95. The standard InChI is InChI=1S/C19H21F2NO5S2/c1-2-26-14-10-12(7-8-13(14)27-18(20)21)11-15-17(25)22(19(28)29-15)9-5-3-4-6-16(23)24/h7-8,10-11,18H,2-6,9H2,1H3,(H,23,24)/b15-11-. The Morgan fingerprint density at radius 3 is 2.72 bits per heavy atom. The van der Waals surface area contributed by atoms with Gasteiger partial charge in [-0.05, 0) is 43.5 Å². The number of carbonyl (C=O) groups is 2. The van der Waals surface area contributed by atoms with E-state index in [1.54, 1.807) is 19.1 Å². The molecule has 1 aliphatic heterocycles. The van der Waals surface area contributed by atoms with Crippen LogP contribution in [0.25, 0.3) is 6.08 Å². The Kier molecular flexibility index (Phi) is 8.84. The van der Waals surface area contributed by atoms with Crippen LogP contribution in [-0.4, -0.2) is 46.0 Å². The van der Waals surface area contributed by atoms with Crippen LogP contribution in [0, 0.1) is 0 Å². The topological polar surface area (TPSA) is 76.1 Å². The van der Waals surface area contributed by atoms with Gasteiger partial charge in [-0.3, -0.25) is 14.5 Å². The van der Waals surface area contributed by atoms with Crippen LogP contribution in [0.1, 0.15) is 38.2 Å². The Hall–Kier alpha value is -2.20. The Bertz CT molecular complexity index is 801. The van der Waals surface area contributed by atoms with Crippen molar-refractivity contribution in [1.82, 2.24) is 4.90 Å². The number of aliphatic carboxylic acids is 1. The van der Waals surface area contributed by atoms with Gasteiger partial charge in [0, 0.05) is 13.0 Å². The molecular formula is C19H21F2NO5S2. The maximum Gasteiger partial charge on any atom is 0.387 e. The zero-order valence-electron chi connectivity index (χ0n) is 15.7. The van der Waals surface area contributed by atoms with Gasteiger partial charge in [0.05, 0.1) is 11.5 Å². The van der Waals surface area contributed by atoms with Gasteiger partial charge in [-0.15, -0.1) is 0 Å². The molecule has 1 amide bonds. The van der Waals surface area contributed by atoms with Crippen LogP contribution in [0.5, 0.6) is 11.5 Å². The molecule has 0 radical (unpaired) electrons. The molecule has 0 spiro atoms. The molecule has 1 aliphatic rings. The van der Waals surface area contributed by atoms with Crippen molar-refractivity contribution >= 4 is 46.3 Å². The van der Waals surface area contributed by atoms with Crippen molar-refractivity contribution in [2.45, 2.75) is 39.2 Å². The monoisotopic (exact) mass is 445 g/mol. The second-order valence-corrected chi connectivity index (χ2v) is 7.73. The van der Waals surface area contributed by atoms with Crippen molar-refractivity contribution in [1.29, 1.82) is 0 Å². The predicted molar refractivity (Wildman–Crippen MR) is 110 cm³/mol. The van der Waals surface area contributed by atoms with Crippen LogP contribution in [0.3, 0.4) is 0 Å². The Morgan fingerprint density at radius 2 is 2.07 bits per heavy atom. The summed E-state index contributed by atoms with van der Waals surface area (Å²) >= 11 is 6.43. The van der Waals surface area contributed by atoms with Crippen molar-refractivity contribution in [3.8, 4) is 11.5 Å². The lowest BCUT2D eigenvalue weighted by atomic mass is 10.1. The summed E-state index contributed by atoms with van der Waals surface area (Å²) in [5.74, 6) is -0.984. The Balaban J connectivity index is 2.06. The van der Waals surface area contributed by atoms with Crippen molar-refractivity contribution < 1.29 is 33.0 Å². The third-order valence-corrected chi connectivity index (χ3v) is 5.31. The van der Waals surface area contributed by atoms with Crippen molar-refractivity contribution in [2.24, 2.45) is 0 Å². The summed E-state index contributed by atoms with van der Waals surface area (Å²) in [5.41, 5.74) is 0.594. The summed E-state index contributed by atoms with van der Waals surface area (Å²) in [6.45, 7) is -0.549. The number of benzene rings is 1. The molecule has 0 aromatic heterocycles. The van der Waals surface area contributed by atoms with E-state index in [-0.39, 0.29) is 30.4 Å². The van der Waals surface area contributed by atoms with E-state index in [1.807, 2.05) is 0 Å². The molecule has 158 valence electrons. The molecule has 1 aromatic rings. The number of amides is 1. The van der Waals surface area contributed by atoms with E-state index in [9.17, 15) is 18.4 Å². The minimum Gasteiger partial charge on any atom is -0.490 e. The van der Waals surface area contributed by atoms with E-state index >= 15 is 0 Å². The SMILES string of the molecule is CCOc1cc(/C=C2\SC(=S)N(CCCCCC(=O)O)C2=O)ccc1OC(F)F. The van der Waals surface area contributed by atoms with E-state index in [0.29, 0.717) is 40.6 Å². The van der Waals surface area contributed by atoms with Gasteiger partial charge in [0.25, 0.3) is 5.91 Å². The molecule has 1 N–H and O–H groups in total. The smallest absolute Gasteiger partial charge is 0.387 e. The van der Waals surface area contributed by atoms with Crippen molar-refractivity contribution in [2.75, 3.05) is 13.2 Å². The number of ether oxygens (including phenoxy) is 2. The number of halogens is 2. The summed E-state index contributed by atoms with van der Waals surface area (Å²) in [6.07, 6.45) is 3.62. The van der Waals surface area contributed by atoms with E-state index in [1.165, 1.54) is 17.0 Å². The van der Waals surface area contributed by atoms with Crippen LogP contribution in [-0.2, 0) is 9.59 Å². The number of hydrogen-bond donors (Lipinski definition) is 1. The lowest BCUT2D eigenvalue weighted by molar-refractivity contribution is -0.137. The van der Waals surface area contributed by atoms with E-state index < -0.39 is 12.6 Å². The summed E-state index contributed by atoms with van der Waals surface area (Å²) in [4.78, 5) is 25.1. The third-order valence-electron chi connectivity index (χ3n) is 3.93. The van der Waals surface area contributed by atoms with Gasteiger partial charge in [-0.1, -0.05) is 36.5 Å². The fraction of sp³-hybridized carbons (Fsp3) is 0.421. The zero-order chi connectivity index (χ0) is 21.4. The van der Waals surface area contributed by atoms with Gasteiger partial charge in [0.15, 0.2) is 11.5 Å². The summed E-state index contributed by atoms with van der Waals surface area (Å²) in [5, 5.41) is 8.65. The second kappa shape index (κ2) is 11.1. The highest BCUT2D eigenvalue weighted by molar-refractivity contribution is 8.26. The van der Waals surface area contributed by atoms with Crippen LogP contribution >= 0.6 is 24.0 Å². The number of carboxylic acids is 1. The molecule has 0 bridgehead atoms. The molecule has 1 aromatic carbocycles. The average Bonchev–Trinajstić information content (AvgIpc) is 2.90. The number of nitrogens with zero attached hydrogens (tertiary/aromatic N) is 1. The fourth-order valence-electron chi connectivity index (χ4n) is 2.64. The van der Waals surface area contributed by atoms with Crippen molar-refractivity contribution in [3.63, 3.8) is 0 Å². The molecular weight excluding hydrogens is 424 g/mol. The first kappa shape index (κ1) is 23.1. The van der Waals surface area contributed by atoms with Gasteiger partial charge in [0.1, 0.15) is 4.32 Å². The number of thiocarbonyl (C=S) groups is 1. The molecule has 2 rings (SSSR count). The van der Waals surface area contributed by atoms with Crippen LogP contribution < -0.4 is 9.47 Å². The number of alkyl halides is 2. The van der Waals surface area contributed by atoms with Gasteiger partial charge in [0.2, 0.25) is 0 Å². The molecule has 1 fully saturated rings. The predicted octanol–water partition coefficient (Wildman–Crippen LogP) is 4.53. The van der Waals surface area contributed by atoms with Crippen LogP contribution in [0.4, 0.5) is 8.78 Å². The number of thioether (sulfide) groups is 1. The first-order valence-corrected chi connectivity index (χ1v) is 10.2. The Labute approximate surface area is 176 Å². The van der Waals surface area contributed by atoms with E-state index in [4.69, 9.17) is 22.1 Å². The average molecular weight is 446 g/mol. The number of hydrogen-bond acceptors (Lipinski definition) is 6. The summed E-state index contributed by atoms with van der Waals surface area (Å²) < 4.78 is 35.2. The lowest BCUT2D eigenvalue weighted by Gasteiger charge is -2.14. The first-order chi connectivity index (χ1) is 13.8. The van der Waals surface area contributed by atoms with Gasteiger partial charge >= 0.3 is 12.6 Å². The van der Waals surface area contributed by atoms with Crippen LogP contribution in [0.15, 0.2) is 23.1 Å². The molecule has 29 heavy (non-hydrogen) atoms. The van der Waals surface area contributed by atoms with E-state index in [0.717, 1.165) is 11.8 Å². The molecule has 6 nitrogen and oxygen atoms in total. The number of carbonyl (C=O) groups excluding carboxylic acids is 1. The third kappa shape index (κ3) is 6.97. The zero-order valence-corrected chi connectivity index (χ0v) is 17.4. The summed E-state index contributed by atoms with van der Waals surface area (Å²) in [6, 6.07) is 4.45. The molecule has 0 saturated carbocycles. The van der Waals surface area contributed by atoms with Gasteiger partial charge in [-0.25, -0.2) is 0 Å². The lowest BCUT2D eigenvalue weighted by Crippen LogP contribution is -2.29. The molecule has 10 heteroatoms. The molecule has 0 unspecified atom stereocenters. The second-order valence-electron chi connectivity index (χ2n) is 6.06. The molecule has 1 saturated heterocycles. The first-order valence-electron chi connectivity index (χ1n) is 9.00. The normalized spacial score (nSPS) is 15.4. The highest BCUT2D eigenvalue weighted by Gasteiger charge is 2.31. The molecule has 0 aliphatic carbocycles. The van der Waals surface area contributed by atoms with Crippen LogP contribution in [0.2, 0.25) is 0 Å². The van der Waals surface area contributed by atoms with Gasteiger partial charge < -0.3 is 14.6 Å². The quantitative estimate of drug-likeness (QED) is 0.305. The maximum atomic E-state index is 12.6. The minimum atomic E-state index is -2.97. The number of unbranched alkanes of at least 4 members (excludes halogenated alkanes) is 2. The summed E-state index contributed by atoms with van der Waals surface area (Å²) in [7, 11) is 0. The number of carboxylic acid groups (broad SMARTS) is 1. The molecule has 0 atom stereocenters. The number of rotatable bonds is 11.